The number of aromatic amines is 1. The smallest absolute Gasteiger partial charge is 0.407 e. The summed E-state index contributed by atoms with van der Waals surface area (Å²) >= 11 is 0. The predicted molar refractivity (Wildman–Crippen MR) is 127 cm³/mol. The molecule has 7 nitrogen and oxygen atoms in total. The maximum atomic E-state index is 12.6. The van der Waals surface area contributed by atoms with Crippen LogP contribution in [-0.4, -0.2) is 20.9 Å². The number of nitrogens with one attached hydrogen (secondary N) is 2. The SMILES string of the molecule is Cn1nc(-c2cccc(COC(=O)NCc3ccccc3)c2)c2c3c(c(=O)[nH]c21)CCCC3. The predicted octanol–water partition coefficient (Wildman–Crippen LogP) is 4.23. The van der Waals surface area contributed by atoms with Crippen molar-refractivity contribution in [2.24, 2.45) is 7.05 Å². The third-order valence-electron chi connectivity index (χ3n) is 6.17. The van der Waals surface area contributed by atoms with Crippen LogP contribution in [0.25, 0.3) is 22.3 Å². The number of hydrogen-bond acceptors (Lipinski definition) is 4. The highest BCUT2D eigenvalue weighted by Gasteiger charge is 2.22. The van der Waals surface area contributed by atoms with Crippen LogP contribution in [-0.2, 0) is 37.8 Å². The third kappa shape index (κ3) is 4.26. The zero-order valence-corrected chi connectivity index (χ0v) is 18.6. The van der Waals surface area contributed by atoms with Gasteiger partial charge in [-0.2, -0.15) is 5.10 Å². The van der Waals surface area contributed by atoms with E-state index in [2.05, 4.69) is 10.3 Å². The van der Waals surface area contributed by atoms with E-state index in [1.807, 2.05) is 61.6 Å². The molecule has 1 aliphatic rings. The lowest BCUT2D eigenvalue weighted by Crippen LogP contribution is -2.23. The van der Waals surface area contributed by atoms with Crippen LogP contribution >= 0.6 is 0 Å². The van der Waals surface area contributed by atoms with Crippen molar-refractivity contribution in [1.82, 2.24) is 20.1 Å². The number of hydrogen-bond donors (Lipinski definition) is 2. The van der Waals surface area contributed by atoms with Crippen molar-refractivity contribution in [3.05, 3.63) is 87.2 Å². The molecule has 2 aromatic heterocycles. The lowest BCUT2D eigenvalue weighted by atomic mass is 9.89. The summed E-state index contributed by atoms with van der Waals surface area (Å²) in [7, 11) is 1.85. The maximum Gasteiger partial charge on any atom is 0.407 e. The Hall–Kier alpha value is -3.87. The highest BCUT2D eigenvalue weighted by molar-refractivity contribution is 5.94. The Balaban J connectivity index is 1.37. The molecule has 2 N–H and O–H groups in total. The number of pyridine rings is 1. The van der Waals surface area contributed by atoms with Gasteiger partial charge in [0.2, 0.25) is 0 Å². The number of rotatable bonds is 5. The maximum absolute atomic E-state index is 12.6. The van der Waals surface area contributed by atoms with Crippen molar-refractivity contribution < 1.29 is 9.53 Å². The Labute approximate surface area is 191 Å². The largest absolute Gasteiger partial charge is 0.445 e. The number of alkyl carbamates (subject to hydrolysis) is 1. The molecule has 0 saturated carbocycles. The summed E-state index contributed by atoms with van der Waals surface area (Å²) < 4.78 is 7.15. The van der Waals surface area contributed by atoms with E-state index in [1.54, 1.807) is 4.68 Å². The zero-order valence-electron chi connectivity index (χ0n) is 18.6. The van der Waals surface area contributed by atoms with E-state index < -0.39 is 6.09 Å². The summed E-state index contributed by atoms with van der Waals surface area (Å²) in [6.45, 7) is 0.580. The minimum Gasteiger partial charge on any atom is -0.445 e. The fourth-order valence-corrected chi connectivity index (χ4v) is 4.55. The van der Waals surface area contributed by atoms with Crippen LogP contribution in [0.4, 0.5) is 4.79 Å². The van der Waals surface area contributed by atoms with Gasteiger partial charge in [-0.25, -0.2) is 4.79 Å². The number of aromatic nitrogens is 3. The molecule has 0 fully saturated rings. The monoisotopic (exact) mass is 442 g/mol. The lowest BCUT2D eigenvalue weighted by Gasteiger charge is -2.16. The number of H-pyrrole nitrogens is 1. The van der Waals surface area contributed by atoms with Gasteiger partial charge in [0.05, 0.1) is 0 Å². The molecule has 2 aromatic carbocycles. The molecule has 4 aromatic rings. The molecular formula is C26H26N4O3. The van der Waals surface area contributed by atoms with Crippen LogP contribution in [0.15, 0.2) is 59.4 Å². The number of carbonyl (C=O) groups excluding carboxylic acids is 1. The highest BCUT2D eigenvalue weighted by atomic mass is 16.5. The summed E-state index contributed by atoms with van der Waals surface area (Å²) in [6, 6.07) is 17.6. The average Bonchev–Trinajstić information content (AvgIpc) is 3.19. The minimum atomic E-state index is -0.459. The second kappa shape index (κ2) is 8.94. The van der Waals surface area contributed by atoms with Gasteiger partial charge in [0.25, 0.3) is 5.56 Å². The molecule has 0 saturated heterocycles. The highest BCUT2D eigenvalue weighted by Crippen LogP contribution is 2.33. The van der Waals surface area contributed by atoms with Gasteiger partial charge in [-0.3, -0.25) is 9.48 Å². The minimum absolute atomic E-state index is 0.00424. The molecular weight excluding hydrogens is 416 g/mol. The number of carbonyl (C=O) groups is 1. The summed E-state index contributed by atoms with van der Waals surface area (Å²) in [5.74, 6) is 0. The number of benzene rings is 2. The van der Waals surface area contributed by atoms with Gasteiger partial charge in [-0.05, 0) is 48.4 Å². The first-order valence-electron chi connectivity index (χ1n) is 11.2. The van der Waals surface area contributed by atoms with Crippen molar-refractivity contribution in [2.45, 2.75) is 38.8 Å². The molecule has 1 amide bonds. The standard InChI is InChI=1S/C26H26N4O3/c1-30-24-22(20-12-5-6-13-21(20)25(31)28-24)23(29-30)19-11-7-10-18(14-19)16-33-26(32)27-15-17-8-3-2-4-9-17/h2-4,7-11,14H,5-6,12-13,15-16H2,1H3,(H,27,32)(H,28,31). The second-order valence-electron chi connectivity index (χ2n) is 8.43. The molecule has 0 radical (unpaired) electrons. The van der Waals surface area contributed by atoms with E-state index >= 15 is 0 Å². The average molecular weight is 443 g/mol. The fourth-order valence-electron chi connectivity index (χ4n) is 4.55. The Bertz CT molecular complexity index is 1370. The van der Waals surface area contributed by atoms with Crippen LogP contribution in [0.5, 0.6) is 0 Å². The van der Waals surface area contributed by atoms with E-state index in [-0.39, 0.29) is 12.2 Å². The molecule has 5 rings (SSSR count). The topological polar surface area (TPSA) is 89.0 Å². The molecule has 0 bridgehead atoms. The van der Waals surface area contributed by atoms with E-state index in [0.29, 0.717) is 6.54 Å². The fraction of sp³-hybridized carbons (Fsp3) is 0.269. The van der Waals surface area contributed by atoms with Gasteiger partial charge >= 0.3 is 6.09 Å². The normalized spacial score (nSPS) is 13.0. The van der Waals surface area contributed by atoms with Gasteiger partial charge in [0.1, 0.15) is 17.9 Å². The Morgan fingerprint density at radius 3 is 2.64 bits per heavy atom. The quantitative estimate of drug-likeness (QED) is 0.484. The van der Waals surface area contributed by atoms with Crippen molar-refractivity contribution in [1.29, 1.82) is 0 Å². The van der Waals surface area contributed by atoms with Crippen molar-refractivity contribution in [3.63, 3.8) is 0 Å². The molecule has 7 heteroatoms. The lowest BCUT2D eigenvalue weighted by molar-refractivity contribution is 0.139. The molecule has 2 heterocycles. The van der Waals surface area contributed by atoms with Crippen molar-refractivity contribution in [2.75, 3.05) is 0 Å². The summed E-state index contributed by atoms with van der Waals surface area (Å²) in [5.41, 5.74) is 6.42. The van der Waals surface area contributed by atoms with E-state index in [9.17, 15) is 9.59 Å². The summed E-state index contributed by atoms with van der Waals surface area (Å²) in [4.78, 5) is 27.7. The first-order chi connectivity index (χ1) is 16.1. The molecule has 0 atom stereocenters. The Kier molecular flexibility index (Phi) is 5.69. The van der Waals surface area contributed by atoms with Crippen LogP contribution in [0.1, 0.15) is 35.1 Å². The summed E-state index contributed by atoms with van der Waals surface area (Å²) in [6.07, 6.45) is 3.35. The van der Waals surface area contributed by atoms with Crippen LogP contribution in [0, 0.1) is 0 Å². The van der Waals surface area contributed by atoms with E-state index in [1.165, 1.54) is 0 Å². The number of amides is 1. The molecule has 1 aliphatic carbocycles. The molecule has 0 unspecified atom stereocenters. The number of fused-ring (bicyclic) bond motifs is 3. The van der Waals surface area contributed by atoms with Gasteiger partial charge in [0.15, 0.2) is 0 Å². The molecule has 0 spiro atoms. The van der Waals surface area contributed by atoms with Crippen LogP contribution in [0.2, 0.25) is 0 Å². The van der Waals surface area contributed by atoms with Crippen molar-refractivity contribution >= 4 is 17.1 Å². The number of aryl methyl sites for hydroxylation is 2. The molecule has 33 heavy (non-hydrogen) atoms. The van der Waals surface area contributed by atoms with Crippen LogP contribution < -0.4 is 10.9 Å². The van der Waals surface area contributed by atoms with Crippen molar-refractivity contribution in [3.8, 4) is 11.3 Å². The number of ether oxygens (including phenoxy) is 1. The van der Waals surface area contributed by atoms with Gasteiger partial charge in [0, 0.05) is 30.1 Å². The molecule has 168 valence electrons. The van der Waals surface area contributed by atoms with Gasteiger partial charge in [-0.1, -0.05) is 48.5 Å². The first-order valence-corrected chi connectivity index (χ1v) is 11.2. The third-order valence-corrected chi connectivity index (χ3v) is 6.17. The first kappa shape index (κ1) is 21.0. The van der Waals surface area contributed by atoms with Crippen LogP contribution in [0.3, 0.4) is 0 Å². The summed E-state index contributed by atoms with van der Waals surface area (Å²) in [5, 5.41) is 8.53. The van der Waals surface area contributed by atoms with Gasteiger partial charge < -0.3 is 15.0 Å². The van der Waals surface area contributed by atoms with E-state index in [4.69, 9.17) is 9.84 Å². The van der Waals surface area contributed by atoms with E-state index in [0.717, 1.165) is 70.2 Å². The second-order valence-corrected chi connectivity index (χ2v) is 8.43. The Morgan fingerprint density at radius 1 is 1.06 bits per heavy atom. The molecule has 0 aliphatic heterocycles. The zero-order chi connectivity index (χ0) is 22.8. The Morgan fingerprint density at radius 2 is 1.82 bits per heavy atom. The number of nitrogens with zero attached hydrogens (tertiary/aromatic N) is 2. The van der Waals surface area contributed by atoms with Gasteiger partial charge in [-0.15, -0.1) is 0 Å².